The SMILES string of the molecule is COCC1O[C@@H](CO)[C@@H](O)C(O)[C@@H]1O. The molecule has 1 aliphatic rings. The van der Waals surface area contributed by atoms with Crippen molar-refractivity contribution < 1.29 is 29.9 Å². The highest BCUT2D eigenvalue weighted by atomic mass is 16.6. The van der Waals surface area contributed by atoms with Crippen LogP contribution in [0.5, 0.6) is 0 Å². The smallest absolute Gasteiger partial charge is 0.111 e. The molecule has 14 heavy (non-hydrogen) atoms. The molecule has 0 saturated carbocycles. The molecule has 1 fully saturated rings. The van der Waals surface area contributed by atoms with Crippen molar-refractivity contribution in [2.24, 2.45) is 0 Å². The van der Waals surface area contributed by atoms with Gasteiger partial charge >= 0.3 is 0 Å². The fraction of sp³-hybridized carbons (Fsp3) is 1.00. The molecule has 0 aromatic rings. The molecule has 0 radical (unpaired) electrons. The standard InChI is InChI=1S/C8H16O6/c1-13-3-5-7(11)8(12)6(10)4(2-9)14-5/h4-12H,2-3H2,1H3/t4-,5?,6+,7+,8?/m0/s1. The molecule has 0 amide bonds. The molecule has 6 heteroatoms. The van der Waals surface area contributed by atoms with Crippen LogP contribution in [-0.4, -0.2) is 71.3 Å². The Labute approximate surface area is 81.7 Å². The van der Waals surface area contributed by atoms with E-state index in [9.17, 15) is 15.3 Å². The lowest BCUT2D eigenvalue weighted by molar-refractivity contribution is -0.237. The fourth-order valence-electron chi connectivity index (χ4n) is 1.48. The molecule has 1 saturated heterocycles. The molecule has 0 aliphatic carbocycles. The molecule has 1 aliphatic heterocycles. The monoisotopic (exact) mass is 208 g/mol. The van der Waals surface area contributed by atoms with E-state index in [1.807, 2.05) is 0 Å². The number of hydrogen-bond acceptors (Lipinski definition) is 6. The zero-order valence-corrected chi connectivity index (χ0v) is 7.91. The van der Waals surface area contributed by atoms with Crippen molar-refractivity contribution in [3.63, 3.8) is 0 Å². The molecule has 0 bridgehead atoms. The van der Waals surface area contributed by atoms with Gasteiger partial charge in [0.1, 0.15) is 30.5 Å². The molecule has 0 aromatic carbocycles. The van der Waals surface area contributed by atoms with E-state index in [0.717, 1.165) is 0 Å². The highest BCUT2D eigenvalue weighted by Crippen LogP contribution is 2.20. The van der Waals surface area contributed by atoms with Crippen LogP contribution in [0.25, 0.3) is 0 Å². The Hall–Kier alpha value is -0.240. The molecule has 5 atom stereocenters. The maximum atomic E-state index is 9.46. The van der Waals surface area contributed by atoms with Crippen LogP contribution in [0.4, 0.5) is 0 Å². The summed E-state index contributed by atoms with van der Waals surface area (Å²) >= 11 is 0. The second-order valence-corrected chi connectivity index (χ2v) is 3.32. The number of ether oxygens (including phenoxy) is 2. The lowest BCUT2D eigenvalue weighted by Gasteiger charge is -2.39. The number of rotatable bonds is 3. The van der Waals surface area contributed by atoms with Crippen LogP contribution >= 0.6 is 0 Å². The maximum absolute atomic E-state index is 9.46. The molecular weight excluding hydrogens is 192 g/mol. The quantitative estimate of drug-likeness (QED) is 0.408. The Morgan fingerprint density at radius 3 is 2.14 bits per heavy atom. The minimum atomic E-state index is -1.32. The topological polar surface area (TPSA) is 99.4 Å². The molecule has 1 heterocycles. The number of aliphatic hydroxyl groups is 4. The van der Waals surface area contributed by atoms with E-state index in [-0.39, 0.29) is 6.61 Å². The van der Waals surface area contributed by atoms with Crippen LogP contribution in [0.1, 0.15) is 0 Å². The predicted octanol–water partition coefficient (Wildman–Crippen LogP) is -2.52. The second-order valence-electron chi connectivity index (χ2n) is 3.32. The van der Waals surface area contributed by atoms with Crippen molar-refractivity contribution in [2.75, 3.05) is 20.3 Å². The van der Waals surface area contributed by atoms with Crippen LogP contribution in [0.15, 0.2) is 0 Å². The highest BCUT2D eigenvalue weighted by molar-refractivity contribution is 4.91. The largest absolute Gasteiger partial charge is 0.394 e. The summed E-state index contributed by atoms with van der Waals surface area (Å²) in [6, 6.07) is 0. The number of aliphatic hydroxyl groups excluding tert-OH is 4. The van der Waals surface area contributed by atoms with Crippen LogP contribution in [0, 0.1) is 0 Å². The summed E-state index contributed by atoms with van der Waals surface area (Å²) in [5, 5.41) is 37.0. The first-order valence-corrected chi connectivity index (χ1v) is 4.41. The van der Waals surface area contributed by atoms with Gasteiger partial charge in [-0.05, 0) is 0 Å². The molecule has 1 rings (SSSR count). The van der Waals surface area contributed by atoms with Gasteiger partial charge in [-0.3, -0.25) is 0 Å². The molecular formula is C8H16O6. The third-order valence-corrected chi connectivity index (χ3v) is 2.32. The third kappa shape index (κ3) is 2.22. The van der Waals surface area contributed by atoms with Gasteiger partial charge in [0.25, 0.3) is 0 Å². The molecule has 6 nitrogen and oxygen atoms in total. The Balaban J connectivity index is 2.63. The lowest BCUT2D eigenvalue weighted by atomic mass is 9.95. The minimum Gasteiger partial charge on any atom is -0.394 e. The van der Waals surface area contributed by atoms with Gasteiger partial charge in [-0.15, -0.1) is 0 Å². The molecule has 0 spiro atoms. The van der Waals surface area contributed by atoms with Crippen molar-refractivity contribution in [1.82, 2.24) is 0 Å². The van der Waals surface area contributed by atoms with Gasteiger partial charge in [0.15, 0.2) is 0 Å². The number of methoxy groups -OCH3 is 1. The summed E-state index contributed by atoms with van der Waals surface area (Å²) in [7, 11) is 1.43. The average Bonchev–Trinajstić information content (AvgIpc) is 2.19. The van der Waals surface area contributed by atoms with Crippen molar-refractivity contribution in [2.45, 2.75) is 30.5 Å². The summed E-state index contributed by atoms with van der Waals surface area (Å²) in [5.41, 5.74) is 0. The lowest BCUT2D eigenvalue weighted by Crippen LogP contribution is -2.59. The van der Waals surface area contributed by atoms with Crippen LogP contribution in [0.3, 0.4) is 0 Å². The normalized spacial score (nSPS) is 43.9. The summed E-state index contributed by atoms with van der Waals surface area (Å²) in [6.45, 7) is -0.313. The molecule has 2 unspecified atom stereocenters. The Bertz CT molecular complexity index is 171. The van der Waals surface area contributed by atoms with E-state index in [4.69, 9.17) is 14.6 Å². The second kappa shape index (κ2) is 5.01. The van der Waals surface area contributed by atoms with E-state index in [0.29, 0.717) is 0 Å². The van der Waals surface area contributed by atoms with Crippen molar-refractivity contribution in [1.29, 1.82) is 0 Å². The zero-order valence-electron chi connectivity index (χ0n) is 7.91. The first-order valence-electron chi connectivity index (χ1n) is 4.41. The van der Waals surface area contributed by atoms with Crippen LogP contribution < -0.4 is 0 Å². The first-order chi connectivity index (χ1) is 6.61. The van der Waals surface area contributed by atoms with Crippen molar-refractivity contribution in [3.05, 3.63) is 0 Å². The van der Waals surface area contributed by atoms with E-state index < -0.39 is 37.1 Å². The van der Waals surface area contributed by atoms with Crippen molar-refractivity contribution >= 4 is 0 Å². The van der Waals surface area contributed by atoms with E-state index in [1.54, 1.807) is 0 Å². The summed E-state index contributed by atoms with van der Waals surface area (Å²) in [4.78, 5) is 0. The van der Waals surface area contributed by atoms with Crippen LogP contribution in [-0.2, 0) is 9.47 Å². The maximum Gasteiger partial charge on any atom is 0.111 e. The summed E-state index contributed by atoms with van der Waals surface area (Å²) < 4.78 is 9.90. The van der Waals surface area contributed by atoms with E-state index >= 15 is 0 Å². The van der Waals surface area contributed by atoms with Gasteiger partial charge in [0.05, 0.1) is 13.2 Å². The number of hydrogen-bond donors (Lipinski definition) is 4. The predicted molar refractivity (Wildman–Crippen MR) is 45.6 cm³/mol. The van der Waals surface area contributed by atoms with Gasteiger partial charge in [-0.1, -0.05) is 0 Å². The molecule has 0 aromatic heterocycles. The molecule has 84 valence electrons. The minimum absolute atomic E-state index is 0.0987. The Morgan fingerprint density at radius 2 is 1.64 bits per heavy atom. The average molecular weight is 208 g/mol. The van der Waals surface area contributed by atoms with Gasteiger partial charge in [-0.25, -0.2) is 0 Å². The fourth-order valence-corrected chi connectivity index (χ4v) is 1.48. The van der Waals surface area contributed by atoms with Crippen molar-refractivity contribution in [3.8, 4) is 0 Å². The van der Waals surface area contributed by atoms with Gasteiger partial charge in [-0.2, -0.15) is 0 Å². The third-order valence-electron chi connectivity index (χ3n) is 2.32. The van der Waals surface area contributed by atoms with Gasteiger partial charge < -0.3 is 29.9 Å². The molecule has 4 N–H and O–H groups in total. The summed E-state index contributed by atoms with van der Waals surface area (Å²) in [6.07, 6.45) is -5.40. The Kier molecular flexibility index (Phi) is 4.24. The van der Waals surface area contributed by atoms with Crippen LogP contribution in [0.2, 0.25) is 0 Å². The zero-order chi connectivity index (χ0) is 10.7. The summed E-state index contributed by atoms with van der Waals surface area (Å²) in [5.74, 6) is 0. The Morgan fingerprint density at radius 1 is 1.07 bits per heavy atom. The first kappa shape index (κ1) is 11.8. The highest BCUT2D eigenvalue weighted by Gasteiger charge is 2.43. The van der Waals surface area contributed by atoms with E-state index in [1.165, 1.54) is 7.11 Å². The van der Waals surface area contributed by atoms with Gasteiger partial charge in [0.2, 0.25) is 0 Å². The van der Waals surface area contributed by atoms with Gasteiger partial charge in [0, 0.05) is 7.11 Å². The van der Waals surface area contributed by atoms with E-state index in [2.05, 4.69) is 0 Å².